The third-order valence-electron chi connectivity index (χ3n) is 4.85. The van der Waals surface area contributed by atoms with Crippen LogP contribution >= 0.6 is 23.1 Å². The summed E-state index contributed by atoms with van der Waals surface area (Å²) in [4.78, 5) is 31.4. The maximum Gasteiger partial charge on any atom is 0.258 e. The fourth-order valence-corrected chi connectivity index (χ4v) is 5.59. The van der Waals surface area contributed by atoms with Crippen LogP contribution in [0.25, 0.3) is 10.2 Å². The van der Waals surface area contributed by atoms with Gasteiger partial charge < -0.3 is 9.47 Å². The van der Waals surface area contributed by atoms with Crippen LogP contribution in [0.1, 0.15) is 27.2 Å². The standard InChI is InChI=1S/C20H26FN3O2S2/c1-4-24-16-6-5-15(21)8-17(16)28-20(24)22-18(25)11-27-12-19(26)23-9-13(2)7-14(3)10-23/h5-6,8,13-14H,4,7,9-12H2,1-3H3. The normalized spacial score (nSPS) is 20.7. The van der Waals surface area contributed by atoms with Crippen LogP contribution in [0.3, 0.4) is 0 Å². The van der Waals surface area contributed by atoms with Crippen molar-refractivity contribution in [3.63, 3.8) is 0 Å². The van der Waals surface area contributed by atoms with Gasteiger partial charge in [0.15, 0.2) is 4.80 Å². The van der Waals surface area contributed by atoms with E-state index in [1.165, 1.54) is 35.2 Å². The zero-order valence-corrected chi connectivity index (χ0v) is 18.1. The Kier molecular flexibility index (Phi) is 6.93. The Bertz CT molecular complexity index is 927. The SMILES string of the molecule is CCn1c(=NC(=O)CSCC(=O)N2CC(C)CC(C)C2)sc2cc(F)ccc21. The maximum atomic E-state index is 13.4. The Balaban J connectivity index is 1.61. The molecule has 1 fully saturated rings. The number of piperidine rings is 1. The minimum Gasteiger partial charge on any atom is -0.341 e. The summed E-state index contributed by atoms with van der Waals surface area (Å²) in [6.45, 7) is 8.56. The van der Waals surface area contributed by atoms with Crippen LogP contribution in [0, 0.1) is 17.7 Å². The molecule has 1 aromatic heterocycles. The van der Waals surface area contributed by atoms with Gasteiger partial charge in [-0.05, 0) is 43.4 Å². The largest absolute Gasteiger partial charge is 0.341 e. The molecule has 0 aliphatic carbocycles. The zero-order chi connectivity index (χ0) is 20.3. The number of amides is 2. The number of thioether (sulfide) groups is 1. The van der Waals surface area contributed by atoms with Crippen molar-refractivity contribution in [2.24, 2.45) is 16.8 Å². The number of aromatic nitrogens is 1. The van der Waals surface area contributed by atoms with E-state index < -0.39 is 0 Å². The van der Waals surface area contributed by atoms with Crippen molar-refractivity contribution in [1.29, 1.82) is 0 Å². The van der Waals surface area contributed by atoms with E-state index in [0.29, 0.717) is 28.9 Å². The van der Waals surface area contributed by atoms with Crippen molar-refractivity contribution in [3.8, 4) is 0 Å². The van der Waals surface area contributed by atoms with Gasteiger partial charge in [-0.15, -0.1) is 11.8 Å². The van der Waals surface area contributed by atoms with Crippen LogP contribution in [0.2, 0.25) is 0 Å². The highest BCUT2D eigenvalue weighted by atomic mass is 32.2. The molecule has 1 aromatic carbocycles. The fourth-order valence-electron chi connectivity index (χ4n) is 3.76. The van der Waals surface area contributed by atoms with Gasteiger partial charge in [0.1, 0.15) is 5.82 Å². The van der Waals surface area contributed by atoms with E-state index in [-0.39, 0.29) is 23.4 Å². The van der Waals surface area contributed by atoms with E-state index in [2.05, 4.69) is 18.8 Å². The molecule has 0 bridgehead atoms. The maximum absolute atomic E-state index is 13.4. The number of hydrogen-bond acceptors (Lipinski definition) is 4. The van der Waals surface area contributed by atoms with E-state index in [4.69, 9.17) is 0 Å². The second kappa shape index (κ2) is 9.22. The fraction of sp³-hybridized carbons (Fsp3) is 0.550. The predicted molar refractivity (Wildman–Crippen MR) is 113 cm³/mol. The molecule has 2 unspecified atom stereocenters. The molecule has 0 radical (unpaired) electrons. The van der Waals surface area contributed by atoms with Gasteiger partial charge in [0.2, 0.25) is 5.91 Å². The summed E-state index contributed by atoms with van der Waals surface area (Å²) in [6, 6.07) is 4.59. The lowest BCUT2D eigenvalue weighted by Gasteiger charge is -2.35. The summed E-state index contributed by atoms with van der Waals surface area (Å²) in [5.41, 5.74) is 0.872. The Labute approximate surface area is 172 Å². The van der Waals surface area contributed by atoms with Crippen LogP contribution in [0.4, 0.5) is 4.39 Å². The number of halogens is 1. The molecule has 2 heterocycles. The van der Waals surface area contributed by atoms with Crippen molar-refractivity contribution in [1.82, 2.24) is 9.47 Å². The molecule has 3 rings (SSSR count). The second-order valence-electron chi connectivity index (χ2n) is 7.48. The number of nitrogens with zero attached hydrogens (tertiary/aromatic N) is 3. The number of rotatable bonds is 5. The molecule has 28 heavy (non-hydrogen) atoms. The number of fused-ring (bicyclic) bond motifs is 1. The number of carbonyl (C=O) groups excluding carboxylic acids is 2. The smallest absolute Gasteiger partial charge is 0.258 e. The molecule has 8 heteroatoms. The predicted octanol–water partition coefficient (Wildman–Crippen LogP) is 3.53. The highest BCUT2D eigenvalue weighted by Gasteiger charge is 2.25. The lowest BCUT2D eigenvalue weighted by molar-refractivity contribution is -0.130. The number of hydrogen-bond donors (Lipinski definition) is 0. The van der Waals surface area contributed by atoms with Crippen molar-refractivity contribution >= 4 is 45.1 Å². The Hall–Kier alpha value is -1.67. The molecule has 2 aromatic rings. The van der Waals surface area contributed by atoms with E-state index in [1.807, 2.05) is 16.4 Å². The quantitative estimate of drug-likeness (QED) is 0.739. The zero-order valence-electron chi connectivity index (χ0n) is 16.5. The molecule has 0 saturated carbocycles. The molecule has 1 aliphatic rings. The summed E-state index contributed by atoms with van der Waals surface area (Å²) in [5, 5.41) is 0. The van der Waals surface area contributed by atoms with Crippen molar-refractivity contribution in [2.45, 2.75) is 33.7 Å². The van der Waals surface area contributed by atoms with Gasteiger partial charge in [-0.25, -0.2) is 4.39 Å². The van der Waals surface area contributed by atoms with Crippen LogP contribution in [-0.2, 0) is 16.1 Å². The van der Waals surface area contributed by atoms with Crippen LogP contribution in [-0.4, -0.2) is 45.9 Å². The molecule has 5 nitrogen and oxygen atoms in total. The Morgan fingerprint density at radius 2 is 1.96 bits per heavy atom. The summed E-state index contributed by atoms with van der Waals surface area (Å²) in [6.07, 6.45) is 1.16. The molecule has 0 N–H and O–H groups in total. The topological polar surface area (TPSA) is 54.7 Å². The highest BCUT2D eigenvalue weighted by molar-refractivity contribution is 8.00. The number of carbonyl (C=O) groups is 2. The van der Waals surface area contributed by atoms with Gasteiger partial charge >= 0.3 is 0 Å². The lowest BCUT2D eigenvalue weighted by atomic mass is 9.92. The second-order valence-corrected chi connectivity index (χ2v) is 9.48. The molecular formula is C20H26FN3O2S2. The third kappa shape index (κ3) is 5.03. The summed E-state index contributed by atoms with van der Waals surface area (Å²) in [7, 11) is 0. The monoisotopic (exact) mass is 423 g/mol. The summed E-state index contributed by atoms with van der Waals surface area (Å²) < 4.78 is 16.1. The van der Waals surface area contributed by atoms with Crippen molar-refractivity contribution in [2.75, 3.05) is 24.6 Å². The number of thiazole rings is 1. The summed E-state index contributed by atoms with van der Waals surface area (Å²) >= 11 is 2.61. The average molecular weight is 424 g/mol. The summed E-state index contributed by atoms with van der Waals surface area (Å²) in [5.74, 6) is 1.03. The van der Waals surface area contributed by atoms with Gasteiger partial charge in [-0.2, -0.15) is 4.99 Å². The minimum atomic E-state index is -0.301. The molecule has 1 aliphatic heterocycles. The van der Waals surface area contributed by atoms with E-state index >= 15 is 0 Å². The molecule has 0 spiro atoms. The molecule has 1 saturated heterocycles. The van der Waals surface area contributed by atoms with Gasteiger partial charge in [-0.3, -0.25) is 9.59 Å². The Morgan fingerprint density at radius 1 is 1.25 bits per heavy atom. The van der Waals surface area contributed by atoms with Crippen LogP contribution < -0.4 is 4.80 Å². The van der Waals surface area contributed by atoms with E-state index in [9.17, 15) is 14.0 Å². The minimum absolute atomic E-state index is 0.0946. The third-order valence-corrected chi connectivity index (χ3v) is 6.80. The van der Waals surface area contributed by atoms with Gasteiger partial charge in [-0.1, -0.05) is 25.2 Å². The number of benzene rings is 1. The first-order chi connectivity index (χ1) is 13.4. The highest BCUT2D eigenvalue weighted by Crippen LogP contribution is 2.22. The average Bonchev–Trinajstić information content (AvgIpc) is 2.96. The molecule has 2 atom stereocenters. The first-order valence-electron chi connectivity index (χ1n) is 9.59. The van der Waals surface area contributed by atoms with Gasteiger partial charge in [0.05, 0.1) is 21.7 Å². The van der Waals surface area contributed by atoms with Crippen molar-refractivity contribution in [3.05, 3.63) is 28.8 Å². The Morgan fingerprint density at radius 3 is 2.64 bits per heavy atom. The van der Waals surface area contributed by atoms with Gasteiger partial charge in [0, 0.05) is 19.6 Å². The van der Waals surface area contributed by atoms with E-state index in [1.54, 1.807) is 6.07 Å². The van der Waals surface area contributed by atoms with Crippen LogP contribution in [0.15, 0.2) is 23.2 Å². The number of aryl methyl sites for hydroxylation is 1. The van der Waals surface area contributed by atoms with Crippen molar-refractivity contribution < 1.29 is 14.0 Å². The number of likely N-dealkylation sites (tertiary alicyclic amines) is 1. The molecule has 2 amide bonds. The lowest BCUT2D eigenvalue weighted by Crippen LogP contribution is -2.43. The molecule has 152 valence electrons. The first-order valence-corrected chi connectivity index (χ1v) is 11.6. The van der Waals surface area contributed by atoms with E-state index in [0.717, 1.165) is 29.7 Å². The van der Waals surface area contributed by atoms with Gasteiger partial charge in [0.25, 0.3) is 5.91 Å². The molecular weight excluding hydrogens is 397 g/mol. The first kappa shape index (κ1) is 21.0. The van der Waals surface area contributed by atoms with Crippen LogP contribution in [0.5, 0.6) is 0 Å².